The van der Waals surface area contributed by atoms with Gasteiger partial charge >= 0.3 is 12.1 Å². The topological polar surface area (TPSA) is 134 Å². The highest BCUT2D eigenvalue weighted by molar-refractivity contribution is 5.87. The molecule has 0 radical (unpaired) electrons. The van der Waals surface area contributed by atoms with E-state index < -0.39 is 36.0 Å². The Bertz CT molecular complexity index is 1080. The number of carboxylic acids is 1. The fourth-order valence-corrected chi connectivity index (χ4v) is 5.03. The van der Waals surface area contributed by atoms with Crippen LogP contribution in [0.15, 0.2) is 48.5 Å². The molecule has 9 heteroatoms. The molecule has 2 aliphatic rings. The zero-order valence-corrected chi connectivity index (χ0v) is 19.3. The first-order valence-electron chi connectivity index (χ1n) is 11.8. The summed E-state index contributed by atoms with van der Waals surface area (Å²) in [6.07, 6.45) is 2.46. The SMILES string of the molecule is O=C(O)CNC(=O)CNC(=O)CC1(NC(=O)OCC2c3ccccc3-c3ccccc32)CCCC1. The maximum Gasteiger partial charge on any atom is 0.407 e. The van der Waals surface area contributed by atoms with Crippen LogP contribution in [0, 0.1) is 0 Å². The van der Waals surface area contributed by atoms with Crippen LogP contribution in [0.2, 0.25) is 0 Å². The van der Waals surface area contributed by atoms with E-state index in [4.69, 9.17) is 9.84 Å². The molecule has 1 fully saturated rings. The molecule has 0 atom stereocenters. The number of aliphatic carboxylic acids is 1. The molecule has 0 heterocycles. The van der Waals surface area contributed by atoms with Crippen LogP contribution in [-0.4, -0.2) is 54.2 Å². The molecule has 3 amide bonds. The molecule has 0 saturated heterocycles. The second kappa shape index (κ2) is 10.6. The molecule has 184 valence electrons. The number of carboxylic acid groups (broad SMARTS) is 1. The van der Waals surface area contributed by atoms with Crippen LogP contribution in [0.4, 0.5) is 4.79 Å². The summed E-state index contributed by atoms with van der Waals surface area (Å²) in [6, 6.07) is 16.2. The number of carbonyl (C=O) groups excluding carboxylic acids is 3. The zero-order chi connectivity index (χ0) is 24.8. The van der Waals surface area contributed by atoms with E-state index >= 15 is 0 Å². The molecule has 9 nitrogen and oxygen atoms in total. The first-order valence-corrected chi connectivity index (χ1v) is 11.8. The average Bonchev–Trinajstić information content (AvgIpc) is 3.42. The molecule has 0 aromatic heterocycles. The fourth-order valence-electron chi connectivity index (χ4n) is 5.03. The van der Waals surface area contributed by atoms with E-state index in [9.17, 15) is 19.2 Å². The second-order valence-electron chi connectivity index (χ2n) is 9.06. The lowest BCUT2D eigenvalue weighted by atomic mass is 9.93. The maximum atomic E-state index is 12.8. The number of benzene rings is 2. The van der Waals surface area contributed by atoms with Crippen LogP contribution in [0.5, 0.6) is 0 Å². The highest BCUT2D eigenvalue weighted by Gasteiger charge is 2.38. The Labute approximate surface area is 203 Å². The normalized spacial score (nSPS) is 15.5. The van der Waals surface area contributed by atoms with E-state index in [0.29, 0.717) is 12.8 Å². The van der Waals surface area contributed by atoms with Crippen LogP contribution in [-0.2, 0) is 19.1 Å². The lowest BCUT2D eigenvalue weighted by Crippen LogP contribution is -2.50. The fraction of sp³-hybridized carbons (Fsp3) is 0.385. The van der Waals surface area contributed by atoms with E-state index in [0.717, 1.165) is 35.1 Å². The first-order chi connectivity index (χ1) is 16.9. The number of alkyl carbamates (subject to hydrolysis) is 1. The number of amides is 3. The number of nitrogens with one attached hydrogen (secondary N) is 3. The van der Waals surface area contributed by atoms with Crippen LogP contribution in [0.3, 0.4) is 0 Å². The highest BCUT2D eigenvalue weighted by atomic mass is 16.5. The number of ether oxygens (including phenoxy) is 1. The first kappa shape index (κ1) is 24.3. The Kier molecular flexibility index (Phi) is 7.33. The van der Waals surface area contributed by atoms with Crippen molar-refractivity contribution >= 4 is 23.9 Å². The van der Waals surface area contributed by atoms with Gasteiger partial charge in [-0.1, -0.05) is 61.4 Å². The van der Waals surface area contributed by atoms with Crippen molar-refractivity contribution in [2.24, 2.45) is 0 Å². The molecule has 2 aliphatic carbocycles. The van der Waals surface area contributed by atoms with Gasteiger partial charge in [-0.15, -0.1) is 0 Å². The molecule has 35 heavy (non-hydrogen) atoms. The molecule has 2 aromatic rings. The summed E-state index contributed by atoms with van der Waals surface area (Å²) in [7, 11) is 0. The van der Waals surface area contributed by atoms with Crippen molar-refractivity contribution in [3.05, 3.63) is 59.7 Å². The van der Waals surface area contributed by atoms with Crippen molar-refractivity contribution < 1.29 is 29.0 Å². The Morgan fingerprint density at radius 1 is 0.857 bits per heavy atom. The quantitative estimate of drug-likeness (QED) is 0.437. The smallest absolute Gasteiger partial charge is 0.407 e. The van der Waals surface area contributed by atoms with Crippen LogP contribution in [0.1, 0.15) is 49.1 Å². The van der Waals surface area contributed by atoms with Crippen molar-refractivity contribution in [3.63, 3.8) is 0 Å². The average molecular weight is 480 g/mol. The lowest BCUT2D eigenvalue weighted by molar-refractivity contribution is -0.137. The predicted molar refractivity (Wildman–Crippen MR) is 128 cm³/mol. The number of hydrogen-bond donors (Lipinski definition) is 4. The Morgan fingerprint density at radius 3 is 2.03 bits per heavy atom. The highest BCUT2D eigenvalue weighted by Crippen LogP contribution is 2.44. The second-order valence-corrected chi connectivity index (χ2v) is 9.06. The third-order valence-corrected chi connectivity index (χ3v) is 6.65. The minimum absolute atomic E-state index is 0.0173. The Hall–Kier alpha value is -3.88. The van der Waals surface area contributed by atoms with Crippen molar-refractivity contribution in [2.45, 2.75) is 43.6 Å². The van der Waals surface area contributed by atoms with Crippen molar-refractivity contribution in [1.29, 1.82) is 0 Å². The van der Waals surface area contributed by atoms with E-state index in [2.05, 4.69) is 40.2 Å². The van der Waals surface area contributed by atoms with Crippen molar-refractivity contribution in [1.82, 2.24) is 16.0 Å². The van der Waals surface area contributed by atoms with Gasteiger partial charge in [-0.25, -0.2) is 4.79 Å². The number of rotatable bonds is 9. The molecule has 0 spiro atoms. The molecule has 2 aromatic carbocycles. The molecular weight excluding hydrogens is 450 g/mol. The molecular formula is C26H29N3O6. The monoisotopic (exact) mass is 479 g/mol. The van der Waals surface area contributed by atoms with E-state index in [-0.39, 0.29) is 25.5 Å². The van der Waals surface area contributed by atoms with Gasteiger partial charge in [0.05, 0.1) is 12.1 Å². The Balaban J connectivity index is 1.33. The molecule has 0 aliphatic heterocycles. The summed E-state index contributed by atoms with van der Waals surface area (Å²) < 4.78 is 5.66. The van der Waals surface area contributed by atoms with Gasteiger partial charge in [-0.05, 0) is 35.1 Å². The van der Waals surface area contributed by atoms with Gasteiger partial charge in [0.15, 0.2) is 0 Å². The number of hydrogen-bond acceptors (Lipinski definition) is 5. The summed E-state index contributed by atoms with van der Waals surface area (Å²) in [4.78, 5) is 47.4. The van der Waals surface area contributed by atoms with E-state index in [1.54, 1.807) is 0 Å². The van der Waals surface area contributed by atoms with Gasteiger partial charge in [0, 0.05) is 12.3 Å². The van der Waals surface area contributed by atoms with Gasteiger partial charge < -0.3 is 25.8 Å². The minimum Gasteiger partial charge on any atom is -0.480 e. The van der Waals surface area contributed by atoms with Crippen molar-refractivity contribution in [3.8, 4) is 11.1 Å². The Morgan fingerprint density at radius 2 is 1.43 bits per heavy atom. The van der Waals surface area contributed by atoms with Gasteiger partial charge in [0.1, 0.15) is 13.2 Å². The molecule has 1 saturated carbocycles. The molecule has 0 unspecified atom stereocenters. The molecule has 4 rings (SSSR count). The summed E-state index contributed by atoms with van der Waals surface area (Å²) in [5.74, 6) is -2.20. The zero-order valence-electron chi connectivity index (χ0n) is 19.3. The summed E-state index contributed by atoms with van der Waals surface area (Å²) in [5.41, 5.74) is 3.81. The molecule has 0 bridgehead atoms. The van der Waals surface area contributed by atoms with Crippen molar-refractivity contribution in [2.75, 3.05) is 19.7 Å². The standard InChI is InChI=1S/C26H29N3O6/c30-22(27-14-23(31)28-15-24(32)33)13-26(11-5-6-12-26)29-25(34)35-16-21-19-9-3-1-7-17(19)18-8-2-4-10-20(18)21/h1-4,7-10,21H,5-6,11-16H2,(H,27,30)(H,28,31)(H,29,34)(H,32,33). The van der Waals surface area contributed by atoms with Crippen LogP contribution >= 0.6 is 0 Å². The molecule has 4 N–H and O–H groups in total. The maximum absolute atomic E-state index is 12.8. The largest absolute Gasteiger partial charge is 0.480 e. The minimum atomic E-state index is -1.16. The summed E-state index contributed by atoms with van der Waals surface area (Å²) >= 11 is 0. The summed E-state index contributed by atoms with van der Waals surface area (Å²) in [6.45, 7) is -0.652. The van der Waals surface area contributed by atoms with Gasteiger partial charge in [-0.3, -0.25) is 14.4 Å². The number of carbonyl (C=O) groups is 4. The number of fused-ring (bicyclic) bond motifs is 3. The van der Waals surface area contributed by atoms with E-state index in [1.807, 2.05) is 24.3 Å². The summed E-state index contributed by atoms with van der Waals surface area (Å²) in [5, 5.41) is 16.2. The van der Waals surface area contributed by atoms with Crippen LogP contribution < -0.4 is 16.0 Å². The van der Waals surface area contributed by atoms with Gasteiger partial charge in [0.2, 0.25) is 11.8 Å². The van der Waals surface area contributed by atoms with E-state index in [1.165, 1.54) is 0 Å². The van der Waals surface area contributed by atoms with Gasteiger partial charge in [-0.2, -0.15) is 0 Å². The van der Waals surface area contributed by atoms with Gasteiger partial charge in [0.25, 0.3) is 0 Å². The predicted octanol–water partition coefficient (Wildman–Crippen LogP) is 2.55. The third-order valence-electron chi connectivity index (χ3n) is 6.65. The lowest BCUT2D eigenvalue weighted by Gasteiger charge is -2.29. The van der Waals surface area contributed by atoms with Crippen LogP contribution in [0.25, 0.3) is 11.1 Å². The third kappa shape index (κ3) is 5.79.